The quantitative estimate of drug-likeness (QED) is 0.508. The van der Waals surface area contributed by atoms with E-state index in [-0.39, 0.29) is 5.91 Å². The minimum absolute atomic E-state index is 0.152. The van der Waals surface area contributed by atoms with Crippen LogP contribution in [0.5, 0.6) is 0 Å². The van der Waals surface area contributed by atoms with Crippen LogP contribution >= 0.6 is 11.3 Å². The number of carbonyl (C=O) groups excluding carboxylic acids is 1. The van der Waals surface area contributed by atoms with Crippen molar-refractivity contribution in [3.8, 4) is 11.3 Å². The van der Waals surface area contributed by atoms with E-state index in [1.165, 1.54) is 28.0 Å². The van der Waals surface area contributed by atoms with Gasteiger partial charge in [0.25, 0.3) is 5.91 Å². The molecule has 4 nitrogen and oxygen atoms in total. The maximum absolute atomic E-state index is 12.6. The van der Waals surface area contributed by atoms with E-state index in [9.17, 15) is 4.79 Å². The Kier molecular flexibility index (Phi) is 4.09. The van der Waals surface area contributed by atoms with E-state index < -0.39 is 0 Å². The molecule has 0 saturated heterocycles. The van der Waals surface area contributed by atoms with Crippen molar-refractivity contribution in [3.63, 3.8) is 0 Å². The molecule has 2 N–H and O–H groups in total. The van der Waals surface area contributed by atoms with E-state index in [4.69, 9.17) is 0 Å². The fraction of sp³-hybridized carbons (Fsp3) is 0.143. The monoisotopic (exact) mass is 361 g/mol. The van der Waals surface area contributed by atoms with Crippen LogP contribution in [0.25, 0.3) is 22.2 Å². The number of aryl methyl sites for hydroxylation is 3. The Balaban J connectivity index is 1.62. The molecule has 0 unspecified atom stereocenters. The fourth-order valence-electron chi connectivity index (χ4n) is 3.45. The third-order valence-corrected chi connectivity index (χ3v) is 5.25. The van der Waals surface area contributed by atoms with Crippen molar-refractivity contribution in [3.05, 3.63) is 70.2 Å². The zero-order valence-electron chi connectivity index (χ0n) is 14.9. The first kappa shape index (κ1) is 16.5. The minimum Gasteiger partial charge on any atom is -0.360 e. The highest BCUT2D eigenvalue weighted by Gasteiger charge is 2.15. The van der Waals surface area contributed by atoms with Crippen LogP contribution in [0.15, 0.2) is 48.0 Å². The largest absolute Gasteiger partial charge is 0.360 e. The normalized spacial score (nSPS) is 11.0. The van der Waals surface area contributed by atoms with Crippen LogP contribution in [0.1, 0.15) is 27.0 Å². The van der Waals surface area contributed by atoms with Gasteiger partial charge in [0, 0.05) is 28.0 Å². The van der Waals surface area contributed by atoms with Crippen molar-refractivity contribution < 1.29 is 4.79 Å². The Labute approximate surface area is 155 Å². The summed E-state index contributed by atoms with van der Waals surface area (Å²) >= 11 is 1.44. The highest BCUT2D eigenvalue weighted by molar-refractivity contribution is 7.14. The molecule has 2 aromatic heterocycles. The number of benzene rings is 2. The molecule has 0 radical (unpaired) electrons. The molecule has 0 saturated carbocycles. The molecule has 0 fully saturated rings. The number of anilines is 1. The van der Waals surface area contributed by atoms with Crippen LogP contribution in [0.4, 0.5) is 5.13 Å². The molecule has 4 rings (SSSR count). The van der Waals surface area contributed by atoms with Crippen LogP contribution in [0.3, 0.4) is 0 Å². The first-order valence-corrected chi connectivity index (χ1v) is 9.32. The van der Waals surface area contributed by atoms with Gasteiger partial charge in [-0.15, -0.1) is 11.3 Å². The Hall–Kier alpha value is -2.92. The van der Waals surface area contributed by atoms with E-state index >= 15 is 0 Å². The summed E-state index contributed by atoms with van der Waals surface area (Å²) in [6.07, 6.45) is 1.74. The van der Waals surface area contributed by atoms with Crippen LogP contribution in [0, 0.1) is 20.8 Å². The number of aromatic nitrogens is 2. The fourth-order valence-corrected chi connectivity index (χ4v) is 4.15. The molecule has 2 aromatic carbocycles. The van der Waals surface area contributed by atoms with Crippen LogP contribution in [-0.4, -0.2) is 15.9 Å². The zero-order valence-corrected chi connectivity index (χ0v) is 15.7. The summed E-state index contributed by atoms with van der Waals surface area (Å²) in [5.74, 6) is -0.152. The summed E-state index contributed by atoms with van der Waals surface area (Å²) in [6.45, 7) is 6.29. The van der Waals surface area contributed by atoms with Gasteiger partial charge < -0.3 is 4.98 Å². The first-order valence-electron chi connectivity index (χ1n) is 8.44. The second kappa shape index (κ2) is 6.42. The highest BCUT2D eigenvalue weighted by Crippen LogP contribution is 2.31. The molecular formula is C21H19N3OS. The van der Waals surface area contributed by atoms with E-state index in [2.05, 4.69) is 48.2 Å². The summed E-state index contributed by atoms with van der Waals surface area (Å²) in [5.41, 5.74) is 7.25. The number of hydrogen-bond acceptors (Lipinski definition) is 3. The lowest BCUT2D eigenvalue weighted by Gasteiger charge is -2.08. The molecular weight excluding hydrogens is 342 g/mol. The lowest BCUT2D eigenvalue weighted by molar-refractivity contribution is 0.102. The molecule has 0 spiro atoms. The van der Waals surface area contributed by atoms with Crippen molar-refractivity contribution in [2.45, 2.75) is 20.8 Å². The maximum Gasteiger partial charge on any atom is 0.259 e. The predicted molar refractivity (Wildman–Crippen MR) is 108 cm³/mol. The Morgan fingerprint density at radius 3 is 2.62 bits per heavy atom. The summed E-state index contributed by atoms with van der Waals surface area (Å²) in [4.78, 5) is 20.4. The SMILES string of the molecule is Cc1cc(C)c(-c2csc(NC(=O)c3c[nH]c4ccccc34)n2)c(C)c1. The van der Waals surface area contributed by atoms with Gasteiger partial charge in [0.2, 0.25) is 0 Å². The van der Waals surface area contributed by atoms with Gasteiger partial charge in [-0.05, 0) is 38.0 Å². The Morgan fingerprint density at radius 1 is 1.12 bits per heavy atom. The molecule has 0 aliphatic heterocycles. The molecule has 0 bridgehead atoms. The maximum atomic E-state index is 12.6. The van der Waals surface area contributed by atoms with Gasteiger partial charge in [0.1, 0.15) is 0 Å². The van der Waals surface area contributed by atoms with Crippen LogP contribution in [-0.2, 0) is 0 Å². The number of hydrogen-bond donors (Lipinski definition) is 2. The summed E-state index contributed by atoms with van der Waals surface area (Å²) in [6, 6.07) is 12.1. The van der Waals surface area contributed by atoms with E-state index in [0.717, 1.165) is 22.2 Å². The second-order valence-corrected chi connectivity index (χ2v) is 7.37. The lowest BCUT2D eigenvalue weighted by Crippen LogP contribution is -2.11. The number of aromatic amines is 1. The summed E-state index contributed by atoms with van der Waals surface area (Å²) in [7, 11) is 0. The molecule has 0 atom stereocenters. The molecule has 0 aliphatic carbocycles. The number of carbonyl (C=O) groups is 1. The highest BCUT2D eigenvalue weighted by atomic mass is 32.1. The van der Waals surface area contributed by atoms with Crippen LogP contribution < -0.4 is 5.32 Å². The van der Waals surface area contributed by atoms with Crippen LogP contribution in [0.2, 0.25) is 0 Å². The van der Waals surface area contributed by atoms with E-state index in [1.807, 2.05) is 29.6 Å². The number of nitrogens with zero attached hydrogens (tertiary/aromatic N) is 1. The third kappa shape index (κ3) is 2.91. The van der Waals surface area contributed by atoms with Gasteiger partial charge in [0.15, 0.2) is 5.13 Å². The lowest BCUT2D eigenvalue weighted by atomic mass is 9.98. The number of nitrogens with one attached hydrogen (secondary N) is 2. The predicted octanol–water partition coefficient (Wildman–Crippen LogP) is 5.47. The smallest absolute Gasteiger partial charge is 0.259 e. The van der Waals surface area contributed by atoms with Crippen molar-refractivity contribution >= 4 is 33.3 Å². The molecule has 26 heavy (non-hydrogen) atoms. The number of thiazole rings is 1. The van der Waals surface area contributed by atoms with Gasteiger partial charge >= 0.3 is 0 Å². The van der Waals surface area contributed by atoms with Gasteiger partial charge in [0.05, 0.1) is 11.3 Å². The number of H-pyrrole nitrogens is 1. The average molecular weight is 361 g/mol. The minimum atomic E-state index is -0.152. The topological polar surface area (TPSA) is 57.8 Å². The van der Waals surface area contributed by atoms with E-state index in [1.54, 1.807) is 6.20 Å². The number of fused-ring (bicyclic) bond motifs is 1. The molecule has 4 aromatic rings. The number of amides is 1. The summed E-state index contributed by atoms with van der Waals surface area (Å²) < 4.78 is 0. The Bertz CT molecular complexity index is 1100. The molecule has 130 valence electrons. The van der Waals surface area contributed by atoms with Gasteiger partial charge in [-0.2, -0.15) is 0 Å². The van der Waals surface area contributed by atoms with Gasteiger partial charge in [-0.25, -0.2) is 4.98 Å². The second-order valence-electron chi connectivity index (χ2n) is 6.51. The van der Waals surface area contributed by atoms with Gasteiger partial charge in [-0.1, -0.05) is 35.9 Å². The van der Waals surface area contributed by atoms with Crippen molar-refractivity contribution in [2.75, 3.05) is 5.32 Å². The van der Waals surface area contributed by atoms with E-state index in [0.29, 0.717) is 10.7 Å². The third-order valence-electron chi connectivity index (χ3n) is 4.49. The average Bonchev–Trinajstić information content (AvgIpc) is 3.21. The van der Waals surface area contributed by atoms with Gasteiger partial charge in [-0.3, -0.25) is 10.1 Å². The van der Waals surface area contributed by atoms with Crippen molar-refractivity contribution in [2.24, 2.45) is 0 Å². The molecule has 1 amide bonds. The number of para-hydroxylation sites is 1. The van der Waals surface area contributed by atoms with Crippen molar-refractivity contribution in [1.82, 2.24) is 9.97 Å². The zero-order chi connectivity index (χ0) is 18.3. The van der Waals surface area contributed by atoms with Crippen molar-refractivity contribution in [1.29, 1.82) is 0 Å². The molecule has 5 heteroatoms. The number of rotatable bonds is 3. The molecule has 0 aliphatic rings. The first-order chi connectivity index (χ1) is 12.5. The summed E-state index contributed by atoms with van der Waals surface area (Å²) in [5, 5.41) is 6.44. The standard InChI is InChI=1S/C21H19N3OS/c1-12-8-13(2)19(14(3)9-12)18-11-26-21(23-18)24-20(25)16-10-22-17-7-5-4-6-15(16)17/h4-11,22H,1-3H3,(H,23,24,25). The Morgan fingerprint density at radius 2 is 1.85 bits per heavy atom. The molecule has 2 heterocycles.